The molecule has 0 atom stereocenters. The van der Waals surface area contributed by atoms with Gasteiger partial charge in [-0.25, -0.2) is 0 Å². The van der Waals surface area contributed by atoms with Gasteiger partial charge in [0.15, 0.2) is 0 Å². The van der Waals surface area contributed by atoms with Crippen LogP contribution in [0.4, 0.5) is 26.3 Å². The van der Waals surface area contributed by atoms with Gasteiger partial charge in [0.1, 0.15) is 0 Å². The van der Waals surface area contributed by atoms with Crippen molar-refractivity contribution in [3.8, 4) is 0 Å². The second kappa shape index (κ2) is 4.14. The quantitative estimate of drug-likeness (QED) is 0.717. The highest BCUT2D eigenvalue weighted by molar-refractivity contribution is 4.75. The standard InChI is InChI=1S/C5H7F6NO/c6-4(7,8)3(5(9,10)11)13-2-1-12/h3H,1-2,12H2. The van der Waals surface area contributed by atoms with Crippen LogP contribution in [0.15, 0.2) is 0 Å². The molecule has 0 aromatic heterocycles. The molecule has 0 saturated heterocycles. The Morgan fingerprint density at radius 2 is 1.38 bits per heavy atom. The van der Waals surface area contributed by atoms with E-state index in [0.29, 0.717) is 0 Å². The van der Waals surface area contributed by atoms with Crippen LogP contribution in [0, 0.1) is 0 Å². The molecule has 0 spiro atoms. The first-order valence-electron chi connectivity index (χ1n) is 3.14. The van der Waals surface area contributed by atoms with Crippen molar-refractivity contribution in [2.45, 2.75) is 18.5 Å². The van der Waals surface area contributed by atoms with Gasteiger partial charge in [-0.3, -0.25) is 0 Å². The van der Waals surface area contributed by atoms with Gasteiger partial charge in [0.2, 0.25) is 6.10 Å². The summed E-state index contributed by atoms with van der Waals surface area (Å²) in [5, 5.41) is 0. The fraction of sp³-hybridized carbons (Fsp3) is 1.00. The predicted octanol–water partition coefficient (Wildman–Crippen LogP) is 1.45. The first kappa shape index (κ1) is 12.5. The number of halogens is 6. The molecule has 0 saturated carbocycles. The Morgan fingerprint density at radius 1 is 1.00 bits per heavy atom. The Balaban J connectivity index is 4.39. The summed E-state index contributed by atoms with van der Waals surface area (Å²) in [4.78, 5) is 0. The fourth-order valence-corrected chi connectivity index (χ4v) is 0.560. The Kier molecular flexibility index (Phi) is 3.98. The van der Waals surface area contributed by atoms with Crippen LogP contribution in [0.5, 0.6) is 0 Å². The van der Waals surface area contributed by atoms with E-state index in [-0.39, 0.29) is 0 Å². The summed E-state index contributed by atoms with van der Waals surface area (Å²) in [5.74, 6) is 0. The van der Waals surface area contributed by atoms with Crippen molar-refractivity contribution in [3.05, 3.63) is 0 Å². The van der Waals surface area contributed by atoms with E-state index in [4.69, 9.17) is 5.73 Å². The van der Waals surface area contributed by atoms with Crippen molar-refractivity contribution in [3.63, 3.8) is 0 Å². The monoisotopic (exact) mass is 211 g/mol. The molecular formula is C5H7F6NO. The molecule has 0 rings (SSSR count). The summed E-state index contributed by atoms with van der Waals surface area (Å²) in [6.07, 6.45) is -14.6. The fourth-order valence-electron chi connectivity index (χ4n) is 0.560. The molecule has 13 heavy (non-hydrogen) atoms. The molecule has 0 aliphatic heterocycles. The average molecular weight is 211 g/mol. The minimum atomic E-state index is -5.45. The lowest BCUT2D eigenvalue weighted by Crippen LogP contribution is -2.45. The summed E-state index contributed by atoms with van der Waals surface area (Å²) < 4.78 is 73.5. The molecule has 0 aromatic rings. The first-order valence-corrected chi connectivity index (χ1v) is 3.14. The van der Waals surface area contributed by atoms with Gasteiger partial charge in [0, 0.05) is 6.54 Å². The zero-order valence-electron chi connectivity index (χ0n) is 6.24. The van der Waals surface area contributed by atoms with Gasteiger partial charge in [0.25, 0.3) is 0 Å². The summed E-state index contributed by atoms with van der Waals surface area (Å²) in [6.45, 7) is -1.19. The van der Waals surface area contributed by atoms with Crippen molar-refractivity contribution in [2.75, 3.05) is 13.2 Å². The summed E-state index contributed by atoms with van der Waals surface area (Å²) in [5.41, 5.74) is 4.70. The van der Waals surface area contributed by atoms with E-state index in [2.05, 4.69) is 4.74 Å². The van der Waals surface area contributed by atoms with Crippen LogP contribution in [0.3, 0.4) is 0 Å². The molecule has 2 N–H and O–H groups in total. The molecule has 0 fully saturated rings. The molecule has 0 bridgehead atoms. The smallest absolute Gasteiger partial charge is 0.360 e. The number of rotatable bonds is 3. The Hall–Kier alpha value is -0.500. The van der Waals surface area contributed by atoms with Crippen molar-refractivity contribution < 1.29 is 31.1 Å². The van der Waals surface area contributed by atoms with Gasteiger partial charge in [-0.15, -0.1) is 0 Å². The molecule has 0 unspecified atom stereocenters. The SMILES string of the molecule is NCCOC(C(F)(F)F)C(F)(F)F. The maximum Gasteiger partial charge on any atom is 0.423 e. The maximum atomic E-state index is 11.7. The zero-order chi connectivity index (χ0) is 10.7. The molecular weight excluding hydrogens is 204 g/mol. The molecule has 0 heterocycles. The summed E-state index contributed by atoms with van der Waals surface area (Å²) in [6, 6.07) is 0. The molecule has 0 amide bonds. The number of alkyl halides is 6. The predicted molar refractivity (Wildman–Crippen MR) is 30.9 cm³/mol. The second-order valence-electron chi connectivity index (χ2n) is 2.12. The van der Waals surface area contributed by atoms with Gasteiger partial charge >= 0.3 is 12.4 Å². The highest BCUT2D eigenvalue weighted by atomic mass is 19.4. The van der Waals surface area contributed by atoms with E-state index in [1.54, 1.807) is 0 Å². The topological polar surface area (TPSA) is 35.2 Å². The third-order valence-electron chi connectivity index (χ3n) is 0.997. The summed E-state index contributed by atoms with van der Waals surface area (Å²) in [7, 11) is 0. The number of hydrogen-bond donors (Lipinski definition) is 1. The van der Waals surface area contributed by atoms with Gasteiger partial charge in [0.05, 0.1) is 6.61 Å². The van der Waals surface area contributed by atoms with Crippen LogP contribution in [-0.2, 0) is 4.74 Å². The van der Waals surface area contributed by atoms with Crippen LogP contribution in [0.25, 0.3) is 0 Å². The molecule has 0 aliphatic carbocycles. The Labute approximate surface area is 69.6 Å². The third-order valence-corrected chi connectivity index (χ3v) is 0.997. The van der Waals surface area contributed by atoms with Gasteiger partial charge in [-0.2, -0.15) is 26.3 Å². The highest BCUT2D eigenvalue weighted by Gasteiger charge is 2.57. The molecule has 0 aliphatic rings. The van der Waals surface area contributed by atoms with E-state index in [9.17, 15) is 26.3 Å². The minimum Gasteiger partial charge on any atom is -0.360 e. The van der Waals surface area contributed by atoms with Crippen LogP contribution < -0.4 is 5.73 Å². The van der Waals surface area contributed by atoms with Gasteiger partial charge in [-0.05, 0) is 0 Å². The van der Waals surface area contributed by atoms with Gasteiger partial charge in [-0.1, -0.05) is 0 Å². The largest absolute Gasteiger partial charge is 0.423 e. The molecule has 8 heteroatoms. The number of hydrogen-bond acceptors (Lipinski definition) is 2. The lowest BCUT2D eigenvalue weighted by atomic mass is 10.3. The van der Waals surface area contributed by atoms with E-state index in [1.165, 1.54) is 0 Å². The number of ether oxygens (including phenoxy) is 1. The third kappa shape index (κ3) is 4.32. The Bertz CT molecular complexity index is 138. The van der Waals surface area contributed by atoms with Crippen LogP contribution >= 0.6 is 0 Å². The molecule has 0 radical (unpaired) electrons. The van der Waals surface area contributed by atoms with Crippen molar-refractivity contribution in [2.24, 2.45) is 5.73 Å². The van der Waals surface area contributed by atoms with E-state index in [0.717, 1.165) is 0 Å². The van der Waals surface area contributed by atoms with E-state index >= 15 is 0 Å². The Morgan fingerprint density at radius 3 is 1.62 bits per heavy atom. The van der Waals surface area contributed by atoms with Crippen molar-refractivity contribution in [1.82, 2.24) is 0 Å². The molecule has 2 nitrogen and oxygen atoms in total. The van der Waals surface area contributed by atoms with Crippen LogP contribution in [0.1, 0.15) is 0 Å². The van der Waals surface area contributed by atoms with Gasteiger partial charge < -0.3 is 10.5 Å². The minimum absolute atomic E-state index is 0.400. The lowest BCUT2D eigenvalue weighted by Gasteiger charge is -2.22. The lowest BCUT2D eigenvalue weighted by molar-refractivity contribution is -0.321. The van der Waals surface area contributed by atoms with E-state index < -0.39 is 31.6 Å². The van der Waals surface area contributed by atoms with Crippen molar-refractivity contribution >= 4 is 0 Å². The number of nitrogens with two attached hydrogens (primary N) is 1. The normalized spacial score (nSPS) is 13.8. The van der Waals surface area contributed by atoms with E-state index in [1.807, 2.05) is 0 Å². The second-order valence-corrected chi connectivity index (χ2v) is 2.12. The van der Waals surface area contributed by atoms with Crippen LogP contribution in [-0.4, -0.2) is 31.6 Å². The average Bonchev–Trinajstić information content (AvgIpc) is 1.81. The zero-order valence-corrected chi connectivity index (χ0v) is 6.24. The van der Waals surface area contributed by atoms with Crippen molar-refractivity contribution in [1.29, 1.82) is 0 Å². The molecule has 0 aromatic carbocycles. The van der Waals surface area contributed by atoms with Crippen LogP contribution in [0.2, 0.25) is 0 Å². The summed E-state index contributed by atoms with van der Waals surface area (Å²) >= 11 is 0. The molecule has 80 valence electrons. The first-order chi connectivity index (χ1) is 5.69. The maximum absolute atomic E-state index is 11.7. The highest BCUT2D eigenvalue weighted by Crippen LogP contribution is 2.35.